The second-order valence-corrected chi connectivity index (χ2v) is 4.89. The molecule has 3 aliphatic rings. The van der Waals surface area contributed by atoms with Crippen molar-refractivity contribution < 1.29 is 34.3 Å². The van der Waals surface area contributed by atoms with Crippen LogP contribution in [0.3, 0.4) is 0 Å². The maximum atomic E-state index is 8.17. The molecule has 8 heteroatoms. The highest BCUT2D eigenvalue weighted by Crippen LogP contribution is 2.07. The Morgan fingerprint density at radius 2 is 1.68 bits per heavy atom. The van der Waals surface area contributed by atoms with E-state index in [1.54, 1.807) is 12.1 Å². The van der Waals surface area contributed by atoms with Crippen LogP contribution in [0, 0.1) is 11.3 Å². The number of epoxide rings is 3. The van der Waals surface area contributed by atoms with Gasteiger partial charge in [0.15, 0.2) is 0 Å². The zero-order chi connectivity index (χ0) is 19.3. The minimum Gasteiger partial charge on any atom is -0.394 e. The highest BCUT2D eigenvalue weighted by Gasteiger charge is 2.21. The summed E-state index contributed by atoms with van der Waals surface area (Å²) in [6, 6.07) is 1.69. The first-order valence-electron chi connectivity index (χ1n) is 7.95. The van der Waals surface area contributed by atoms with Crippen LogP contribution >= 0.6 is 0 Å². The van der Waals surface area contributed by atoms with Crippen LogP contribution in [0.4, 0.5) is 0 Å². The number of hydrogen-bond donors (Lipinski definition) is 3. The number of aliphatic hydroxyl groups excluding tert-OH is 3. The van der Waals surface area contributed by atoms with E-state index in [0.29, 0.717) is 18.8 Å². The maximum Gasteiger partial charge on any atom is 0.104 e. The van der Waals surface area contributed by atoms with E-state index in [1.165, 1.54) is 6.08 Å². The average Bonchev–Trinajstić information content (AvgIpc) is 3.46. The Balaban J connectivity index is 0. The van der Waals surface area contributed by atoms with Gasteiger partial charge in [-0.3, -0.25) is 0 Å². The van der Waals surface area contributed by atoms with Gasteiger partial charge in [-0.2, -0.15) is 5.26 Å². The lowest BCUT2D eigenvalue weighted by Crippen LogP contribution is -2.15. The van der Waals surface area contributed by atoms with Gasteiger partial charge < -0.3 is 34.3 Å². The van der Waals surface area contributed by atoms with E-state index >= 15 is 0 Å². The Hall–Kier alpha value is -1.31. The Labute approximate surface area is 149 Å². The third kappa shape index (κ3) is 39.5. The van der Waals surface area contributed by atoms with E-state index in [2.05, 4.69) is 24.8 Å². The van der Waals surface area contributed by atoms with Gasteiger partial charge in [0.05, 0.1) is 65.0 Å². The highest BCUT2D eigenvalue weighted by molar-refractivity contribution is 4.93. The molecule has 2 unspecified atom stereocenters. The zero-order valence-electron chi connectivity index (χ0n) is 14.9. The van der Waals surface area contributed by atoms with Crippen LogP contribution in [0.1, 0.15) is 6.92 Å². The lowest BCUT2D eigenvalue weighted by Gasteiger charge is -1.96. The second kappa shape index (κ2) is 20.7. The van der Waals surface area contributed by atoms with Crippen LogP contribution in [-0.4, -0.2) is 86.5 Å². The number of nitrogens with zero attached hydrogens (tertiary/aromatic N) is 1. The van der Waals surface area contributed by atoms with E-state index < -0.39 is 6.10 Å². The first-order valence-corrected chi connectivity index (χ1v) is 7.95. The molecule has 0 aromatic carbocycles. The van der Waals surface area contributed by atoms with Crippen molar-refractivity contribution in [3.8, 4) is 6.07 Å². The summed E-state index contributed by atoms with van der Waals surface area (Å²) in [5.74, 6) is 0. The van der Waals surface area contributed by atoms with Crippen molar-refractivity contribution in [2.24, 2.45) is 0 Å². The molecule has 0 aliphatic carbocycles. The van der Waals surface area contributed by atoms with E-state index in [-0.39, 0.29) is 13.2 Å². The highest BCUT2D eigenvalue weighted by atomic mass is 16.6. The third-order valence-electron chi connectivity index (χ3n) is 2.16. The minimum atomic E-state index is -0.954. The smallest absolute Gasteiger partial charge is 0.104 e. The standard InChI is InChI=1S/C6H10O2.C3H3N.C3H8O3.C3H6O.C2H4O/c1-2-3-7-4-6-5-8-6;1-2-3-4;4-1-3(6)2-5;1-3-2-4-3;1-2-3-1/h2,6H,1,3-5H2;2H,1H2;3-6H,1-2H2;3H,2H2,1H3;1-2H2. The number of aliphatic hydroxyl groups is 3. The van der Waals surface area contributed by atoms with E-state index in [1.807, 2.05) is 0 Å². The molecule has 0 spiro atoms. The van der Waals surface area contributed by atoms with Crippen LogP contribution in [0.25, 0.3) is 0 Å². The van der Waals surface area contributed by atoms with Crippen molar-refractivity contribution >= 4 is 0 Å². The average molecular weight is 361 g/mol. The van der Waals surface area contributed by atoms with Gasteiger partial charge >= 0.3 is 0 Å². The van der Waals surface area contributed by atoms with Crippen molar-refractivity contribution in [2.75, 3.05) is 52.9 Å². The van der Waals surface area contributed by atoms with Crippen LogP contribution in [0.2, 0.25) is 0 Å². The molecule has 3 fully saturated rings. The fraction of sp³-hybridized carbons (Fsp3) is 0.706. The van der Waals surface area contributed by atoms with Crippen LogP contribution in [0.15, 0.2) is 25.3 Å². The minimum absolute atomic E-state index is 0.365. The summed E-state index contributed by atoms with van der Waals surface area (Å²) in [4.78, 5) is 0. The van der Waals surface area contributed by atoms with Crippen LogP contribution < -0.4 is 0 Å². The molecule has 25 heavy (non-hydrogen) atoms. The van der Waals surface area contributed by atoms with Gasteiger partial charge in [0, 0.05) is 6.08 Å². The Kier molecular flexibility index (Phi) is 21.5. The number of nitriles is 1. The van der Waals surface area contributed by atoms with Crippen molar-refractivity contribution in [3.63, 3.8) is 0 Å². The molecule has 3 saturated heterocycles. The molecule has 8 nitrogen and oxygen atoms in total. The molecule has 3 heterocycles. The molecule has 0 saturated carbocycles. The third-order valence-corrected chi connectivity index (χ3v) is 2.16. The Morgan fingerprint density at radius 1 is 1.24 bits per heavy atom. The first-order chi connectivity index (χ1) is 12.0. The van der Waals surface area contributed by atoms with Crippen molar-refractivity contribution in [1.29, 1.82) is 5.26 Å². The normalized spacial score (nSPS) is 20.3. The SMILES string of the molecule is C1CO1.C=CC#N.C=CCOCC1CO1.CC1CO1.OCC(O)CO. The predicted molar refractivity (Wildman–Crippen MR) is 93.0 cm³/mol. The summed E-state index contributed by atoms with van der Waals surface area (Å²) >= 11 is 0. The fourth-order valence-electron chi connectivity index (χ4n) is 0.601. The van der Waals surface area contributed by atoms with Crippen LogP contribution in [0.5, 0.6) is 0 Å². The zero-order valence-corrected chi connectivity index (χ0v) is 14.9. The van der Waals surface area contributed by atoms with Gasteiger partial charge in [-0.25, -0.2) is 0 Å². The molecule has 0 aromatic rings. The molecular formula is C17H31NO7. The number of hydrogen-bond acceptors (Lipinski definition) is 8. The van der Waals surface area contributed by atoms with Crippen molar-refractivity contribution in [3.05, 3.63) is 25.3 Å². The van der Waals surface area contributed by atoms with E-state index in [4.69, 9.17) is 34.8 Å². The summed E-state index contributed by atoms with van der Waals surface area (Å²) in [6.45, 7) is 13.2. The van der Waals surface area contributed by atoms with Gasteiger partial charge in [0.2, 0.25) is 0 Å². The van der Waals surface area contributed by atoms with Gasteiger partial charge in [0.25, 0.3) is 0 Å². The largest absolute Gasteiger partial charge is 0.394 e. The molecule has 3 N–H and O–H groups in total. The van der Waals surface area contributed by atoms with E-state index in [0.717, 1.165) is 33.0 Å². The van der Waals surface area contributed by atoms with Gasteiger partial charge in [-0.15, -0.1) is 6.58 Å². The molecule has 0 aromatic heterocycles. The molecule has 3 rings (SSSR count). The molecule has 0 bridgehead atoms. The lowest BCUT2D eigenvalue weighted by atomic mass is 10.4. The van der Waals surface area contributed by atoms with Gasteiger partial charge in [-0.05, 0) is 6.92 Å². The number of rotatable bonds is 6. The maximum absolute atomic E-state index is 8.17. The summed E-state index contributed by atoms with van der Waals surface area (Å²) in [5, 5.41) is 31.5. The summed E-state index contributed by atoms with van der Waals surface area (Å²) < 4.78 is 19.2. The van der Waals surface area contributed by atoms with Crippen molar-refractivity contribution in [2.45, 2.75) is 25.2 Å². The molecule has 2 atom stereocenters. The molecule has 3 aliphatic heterocycles. The summed E-state index contributed by atoms with van der Waals surface area (Å²) in [5.41, 5.74) is 0. The fourth-order valence-corrected chi connectivity index (χ4v) is 0.601. The molecular weight excluding hydrogens is 330 g/mol. The number of ether oxygens (including phenoxy) is 4. The monoisotopic (exact) mass is 361 g/mol. The Bertz CT molecular complexity index is 330. The van der Waals surface area contributed by atoms with E-state index in [9.17, 15) is 0 Å². The lowest BCUT2D eigenvalue weighted by molar-refractivity contribution is 0.0450. The summed E-state index contributed by atoms with van der Waals surface area (Å²) in [6.07, 6.45) is 2.93. The number of allylic oxidation sites excluding steroid dienone is 1. The van der Waals surface area contributed by atoms with Gasteiger partial charge in [0.1, 0.15) is 12.2 Å². The molecule has 146 valence electrons. The van der Waals surface area contributed by atoms with Crippen molar-refractivity contribution in [1.82, 2.24) is 0 Å². The van der Waals surface area contributed by atoms with Gasteiger partial charge in [-0.1, -0.05) is 12.7 Å². The van der Waals surface area contributed by atoms with Crippen LogP contribution in [-0.2, 0) is 18.9 Å². The first kappa shape index (κ1) is 25.9. The second-order valence-electron chi connectivity index (χ2n) is 4.89. The summed E-state index contributed by atoms with van der Waals surface area (Å²) in [7, 11) is 0. The predicted octanol–water partition coefficient (Wildman–Crippen LogP) is 0.0374. The topological polar surface area (TPSA) is 131 Å². The quantitative estimate of drug-likeness (QED) is 0.261. The molecule has 0 radical (unpaired) electrons. The molecule has 0 amide bonds. The Morgan fingerprint density at radius 3 is 1.84 bits per heavy atom.